The van der Waals surface area contributed by atoms with Gasteiger partial charge in [0.25, 0.3) is 0 Å². The van der Waals surface area contributed by atoms with E-state index in [1.807, 2.05) is 64.1 Å². The Kier molecular flexibility index (Phi) is 4.62. The lowest BCUT2D eigenvalue weighted by Gasteiger charge is -2.20. The molecule has 1 amide bonds. The van der Waals surface area contributed by atoms with Crippen molar-refractivity contribution in [3.05, 3.63) is 58.7 Å². The van der Waals surface area contributed by atoms with E-state index in [4.69, 9.17) is 4.74 Å². The van der Waals surface area contributed by atoms with Crippen LogP contribution in [0.5, 0.6) is 5.75 Å². The molecule has 4 nitrogen and oxygen atoms in total. The van der Waals surface area contributed by atoms with Crippen LogP contribution in [0.3, 0.4) is 0 Å². The molecule has 25 heavy (non-hydrogen) atoms. The first-order valence-corrected chi connectivity index (χ1v) is 8.53. The van der Waals surface area contributed by atoms with Gasteiger partial charge in [0.05, 0.1) is 5.92 Å². The summed E-state index contributed by atoms with van der Waals surface area (Å²) in [5.74, 6) is -0.202. The predicted molar refractivity (Wildman–Crippen MR) is 97.9 cm³/mol. The third-order valence-corrected chi connectivity index (χ3v) is 4.94. The SMILES string of the molecule is Cc1cccc(N2C[C@H](C(=O)Oc3c(C)cccc3C)CC2=O)c1C. The fourth-order valence-electron chi connectivity index (χ4n) is 3.27. The lowest BCUT2D eigenvalue weighted by Crippen LogP contribution is -2.28. The Morgan fingerprint density at radius 2 is 1.60 bits per heavy atom. The van der Waals surface area contributed by atoms with Crippen LogP contribution in [0.15, 0.2) is 36.4 Å². The summed E-state index contributed by atoms with van der Waals surface area (Å²) in [5.41, 5.74) is 4.92. The van der Waals surface area contributed by atoms with Gasteiger partial charge in [-0.2, -0.15) is 0 Å². The minimum Gasteiger partial charge on any atom is -0.426 e. The molecule has 2 aromatic carbocycles. The van der Waals surface area contributed by atoms with E-state index in [-0.39, 0.29) is 18.3 Å². The fourth-order valence-corrected chi connectivity index (χ4v) is 3.27. The lowest BCUT2D eigenvalue weighted by molar-refractivity contribution is -0.139. The quantitative estimate of drug-likeness (QED) is 0.631. The molecule has 0 saturated carbocycles. The molecule has 2 aromatic rings. The Balaban J connectivity index is 1.78. The Hall–Kier alpha value is -2.62. The minimum atomic E-state index is -0.439. The van der Waals surface area contributed by atoms with Crippen molar-refractivity contribution in [1.29, 1.82) is 0 Å². The number of carbonyl (C=O) groups is 2. The predicted octanol–water partition coefficient (Wildman–Crippen LogP) is 3.88. The van der Waals surface area contributed by atoms with Gasteiger partial charge in [0, 0.05) is 18.7 Å². The van der Waals surface area contributed by atoms with Crippen LogP contribution >= 0.6 is 0 Å². The van der Waals surface area contributed by atoms with Crippen LogP contribution in [-0.2, 0) is 9.59 Å². The van der Waals surface area contributed by atoms with Crippen molar-refractivity contribution in [1.82, 2.24) is 0 Å². The van der Waals surface area contributed by atoms with Crippen LogP contribution < -0.4 is 9.64 Å². The lowest BCUT2D eigenvalue weighted by atomic mass is 10.1. The van der Waals surface area contributed by atoms with E-state index in [9.17, 15) is 9.59 Å². The molecule has 0 spiro atoms. The van der Waals surface area contributed by atoms with E-state index >= 15 is 0 Å². The molecule has 130 valence electrons. The minimum absolute atomic E-state index is 0.0304. The molecule has 3 rings (SSSR count). The van der Waals surface area contributed by atoms with E-state index in [1.54, 1.807) is 4.90 Å². The maximum absolute atomic E-state index is 12.6. The van der Waals surface area contributed by atoms with Crippen molar-refractivity contribution in [3.63, 3.8) is 0 Å². The van der Waals surface area contributed by atoms with E-state index in [0.29, 0.717) is 12.3 Å². The number of anilines is 1. The van der Waals surface area contributed by atoms with Crippen LogP contribution in [0.2, 0.25) is 0 Å². The molecule has 0 radical (unpaired) electrons. The first-order chi connectivity index (χ1) is 11.9. The number of nitrogens with zero attached hydrogens (tertiary/aromatic N) is 1. The van der Waals surface area contributed by atoms with E-state index in [0.717, 1.165) is 27.9 Å². The summed E-state index contributed by atoms with van der Waals surface area (Å²) in [6, 6.07) is 11.7. The highest BCUT2D eigenvalue weighted by Gasteiger charge is 2.37. The molecule has 0 aliphatic carbocycles. The van der Waals surface area contributed by atoms with Crippen molar-refractivity contribution < 1.29 is 14.3 Å². The number of esters is 1. The van der Waals surface area contributed by atoms with Crippen LogP contribution in [0, 0.1) is 33.6 Å². The van der Waals surface area contributed by atoms with Crippen molar-refractivity contribution >= 4 is 17.6 Å². The molecule has 1 fully saturated rings. The molecule has 1 atom stereocenters. The normalized spacial score (nSPS) is 17.0. The van der Waals surface area contributed by atoms with Crippen LogP contribution in [0.4, 0.5) is 5.69 Å². The molecule has 0 bridgehead atoms. The number of ether oxygens (including phenoxy) is 1. The van der Waals surface area contributed by atoms with Crippen molar-refractivity contribution in [3.8, 4) is 5.75 Å². The number of carbonyl (C=O) groups excluding carboxylic acids is 2. The zero-order valence-corrected chi connectivity index (χ0v) is 15.1. The summed E-state index contributed by atoms with van der Waals surface area (Å²) in [4.78, 5) is 26.8. The average Bonchev–Trinajstić information content (AvgIpc) is 2.95. The van der Waals surface area contributed by atoms with Gasteiger partial charge < -0.3 is 9.64 Å². The van der Waals surface area contributed by atoms with Gasteiger partial charge >= 0.3 is 5.97 Å². The fraction of sp³-hybridized carbons (Fsp3) is 0.333. The number of aryl methyl sites for hydroxylation is 3. The number of rotatable bonds is 3. The third kappa shape index (κ3) is 3.29. The van der Waals surface area contributed by atoms with Gasteiger partial charge in [0.1, 0.15) is 5.75 Å². The molecular weight excluding hydrogens is 314 g/mol. The maximum atomic E-state index is 12.6. The van der Waals surface area contributed by atoms with E-state index in [1.165, 1.54) is 0 Å². The molecule has 1 saturated heterocycles. The van der Waals surface area contributed by atoms with Crippen LogP contribution in [-0.4, -0.2) is 18.4 Å². The molecule has 1 aliphatic rings. The largest absolute Gasteiger partial charge is 0.426 e. The average molecular weight is 337 g/mol. The van der Waals surface area contributed by atoms with Crippen molar-refractivity contribution in [2.24, 2.45) is 5.92 Å². The molecule has 1 heterocycles. The number of benzene rings is 2. The summed E-state index contributed by atoms with van der Waals surface area (Å²) >= 11 is 0. The summed E-state index contributed by atoms with van der Waals surface area (Å²) in [7, 11) is 0. The Bertz CT molecular complexity index is 821. The Morgan fingerprint density at radius 3 is 2.28 bits per heavy atom. The first kappa shape index (κ1) is 17.2. The standard InChI is InChI=1S/C21H23NO3/c1-13-7-6-10-18(16(13)4)22-12-17(11-19(22)23)21(24)25-20-14(2)8-5-9-15(20)3/h5-10,17H,11-12H2,1-4H3/t17-/m1/s1. The molecule has 0 aromatic heterocycles. The summed E-state index contributed by atoms with van der Waals surface area (Å²) in [5, 5.41) is 0. The molecule has 1 aliphatic heterocycles. The second-order valence-electron chi connectivity index (χ2n) is 6.77. The second-order valence-corrected chi connectivity index (χ2v) is 6.77. The second kappa shape index (κ2) is 6.71. The maximum Gasteiger partial charge on any atom is 0.316 e. The van der Waals surface area contributed by atoms with Gasteiger partial charge in [0.2, 0.25) is 5.91 Å². The van der Waals surface area contributed by atoms with Gasteiger partial charge in [-0.05, 0) is 56.0 Å². The smallest absolute Gasteiger partial charge is 0.316 e. The molecule has 4 heteroatoms. The third-order valence-electron chi connectivity index (χ3n) is 4.94. The van der Waals surface area contributed by atoms with Gasteiger partial charge in [-0.1, -0.05) is 30.3 Å². The highest BCUT2D eigenvalue weighted by molar-refractivity contribution is 6.00. The summed E-state index contributed by atoms with van der Waals surface area (Å²) < 4.78 is 5.63. The van der Waals surface area contributed by atoms with Crippen LogP contribution in [0.25, 0.3) is 0 Å². The number of hydrogen-bond donors (Lipinski definition) is 0. The molecule has 0 N–H and O–H groups in total. The van der Waals surface area contributed by atoms with Gasteiger partial charge in [0.15, 0.2) is 0 Å². The zero-order chi connectivity index (χ0) is 18.1. The Labute approximate surface area is 148 Å². The van der Waals surface area contributed by atoms with Crippen molar-refractivity contribution in [2.75, 3.05) is 11.4 Å². The van der Waals surface area contributed by atoms with Crippen LogP contribution in [0.1, 0.15) is 28.7 Å². The van der Waals surface area contributed by atoms with E-state index in [2.05, 4.69) is 0 Å². The molecular formula is C21H23NO3. The number of amides is 1. The first-order valence-electron chi connectivity index (χ1n) is 8.53. The Morgan fingerprint density at radius 1 is 1.00 bits per heavy atom. The number of hydrogen-bond acceptors (Lipinski definition) is 3. The van der Waals surface area contributed by atoms with Gasteiger partial charge in [-0.3, -0.25) is 9.59 Å². The zero-order valence-electron chi connectivity index (χ0n) is 15.1. The molecule has 0 unspecified atom stereocenters. The highest BCUT2D eigenvalue weighted by atomic mass is 16.5. The van der Waals surface area contributed by atoms with Gasteiger partial charge in [-0.15, -0.1) is 0 Å². The van der Waals surface area contributed by atoms with Gasteiger partial charge in [-0.25, -0.2) is 0 Å². The van der Waals surface area contributed by atoms with E-state index < -0.39 is 5.92 Å². The topological polar surface area (TPSA) is 46.6 Å². The van der Waals surface area contributed by atoms with Crippen molar-refractivity contribution in [2.45, 2.75) is 34.1 Å². The number of para-hydroxylation sites is 1. The highest BCUT2D eigenvalue weighted by Crippen LogP contribution is 2.31. The summed E-state index contributed by atoms with van der Waals surface area (Å²) in [6.07, 6.45) is 0.192. The monoisotopic (exact) mass is 337 g/mol. The summed E-state index contributed by atoms with van der Waals surface area (Å²) in [6.45, 7) is 8.22.